The number of carbonyl (C=O) groups is 1. The number of anilines is 1. The van der Waals surface area contributed by atoms with Gasteiger partial charge in [-0.3, -0.25) is 4.79 Å². The van der Waals surface area contributed by atoms with Gasteiger partial charge in [-0.25, -0.2) is 0 Å². The average molecular weight is 252 g/mol. The van der Waals surface area contributed by atoms with Crippen LogP contribution in [0.25, 0.3) is 0 Å². The first-order chi connectivity index (χ1) is 8.26. The summed E-state index contributed by atoms with van der Waals surface area (Å²) in [6, 6.07) is 5.52. The van der Waals surface area contributed by atoms with Crippen LogP contribution in [0, 0.1) is 5.92 Å². The SMILES string of the molecule is CCC1CCN(c2c(Cl)cccc2C=O)CC1. The van der Waals surface area contributed by atoms with E-state index < -0.39 is 0 Å². The largest absolute Gasteiger partial charge is 0.370 e. The minimum atomic E-state index is 0.685. The van der Waals surface area contributed by atoms with Crippen molar-refractivity contribution in [2.45, 2.75) is 26.2 Å². The van der Waals surface area contributed by atoms with E-state index >= 15 is 0 Å². The summed E-state index contributed by atoms with van der Waals surface area (Å²) in [5, 5.41) is 0.685. The van der Waals surface area contributed by atoms with Crippen LogP contribution < -0.4 is 4.90 Å². The second kappa shape index (κ2) is 5.54. The molecule has 0 N–H and O–H groups in total. The number of piperidine rings is 1. The van der Waals surface area contributed by atoms with Crippen molar-refractivity contribution in [3.8, 4) is 0 Å². The number of para-hydroxylation sites is 1. The standard InChI is InChI=1S/C14H18ClNO/c1-2-11-6-8-16(9-7-11)14-12(10-17)4-3-5-13(14)15/h3-5,10-11H,2,6-9H2,1H3. The van der Waals surface area contributed by atoms with Crippen molar-refractivity contribution in [1.82, 2.24) is 0 Å². The van der Waals surface area contributed by atoms with Crippen molar-refractivity contribution in [2.75, 3.05) is 18.0 Å². The van der Waals surface area contributed by atoms with Crippen molar-refractivity contribution in [1.29, 1.82) is 0 Å². The van der Waals surface area contributed by atoms with Crippen molar-refractivity contribution >= 4 is 23.6 Å². The van der Waals surface area contributed by atoms with Crippen LogP contribution in [-0.2, 0) is 0 Å². The van der Waals surface area contributed by atoms with Gasteiger partial charge >= 0.3 is 0 Å². The smallest absolute Gasteiger partial charge is 0.152 e. The van der Waals surface area contributed by atoms with Gasteiger partial charge in [0.05, 0.1) is 10.7 Å². The maximum absolute atomic E-state index is 11.1. The molecule has 1 fully saturated rings. The Hall–Kier alpha value is -1.02. The van der Waals surface area contributed by atoms with Gasteiger partial charge in [0.2, 0.25) is 0 Å². The van der Waals surface area contributed by atoms with E-state index in [2.05, 4.69) is 11.8 Å². The summed E-state index contributed by atoms with van der Waals surface area (Å²) in [4.78, 5) is 13.3. The van der Waals surface area contributed by atoms with E-state index in [-0.39, 0.29) is 0 Å². The number of aldehydes is 1. The van der Waals surface area contributed by atoms with E-state index in [1.54, 1.807) is 0 Å². The number of rotatable bonds is 3. The van der Waals surface area contributed by atoms with Crippen LogP contribution in [-0.4, -0.2) is 19.4 Å². The Morgan fingerprint density at radius 1 is 1.41 bits per heavy atom. The van der Waals surface area contributed by atoms with Crippen molar-refractivity contribution < 1.29 is 4.79 Å². The molecule has 0 aliphatic carbocycles. The van der Waals surface area contributed by atoms with Gasteiger partial charge in [-0.15, -0.1) is 0 Å². The topological polar surface area (TPSA) is 20.3 Å². The van der Waals surface area contributed by atoms with Gasteiger partial charge in [0.25, 0.3) is 0 Å². The molecule has 17 heavy (non-hydrogen) atoms. The number of nitrogens with zero attached hydrogens (tertiary/aromatic N) is 1. The highest BCUT2D eigenvalue weighted by atomic mass is 35.5. The fraction of sp³-hybridized carbons (Fsp3) is 0.500. The molecule has 1 heterocycles. The zero-order valence-corrected chi connectivity index (χ0v) is 10.9. The van der Waals surface area contributed by atoms with Crippen molar-refractivity contribution in [2.24, 2.45) is 5.92 Å². The molecule has 0 bridgehead atoms. The molecule has 1 aromatic rings. The van der Waals surface area contributed by atoms with E-state index in [0.717, 1.165) is 31.0 Å². The number of hydrogen-bond acceptors (Lipinski definition) is 2. The molecule has 2 nitrogen and oxygen atoms in total. The molecule has 3 heteroatoms. The molecule has 92 valence electrons. The third kappa shape index (κ3) is 2.63. The van der Waals surface area contributed by atoms with Gasteiger partial charge in [0.1, 0.15) is 0 Å². The lowest BCUT2D eigenvalue weighted by Gasteiger charge is -2.34. The Morgan fingerprint density at radius 3 is 2.71 bits per heavy atom. The monoisotopic (exact) mass is 251 g/mol. The minimum Gasteiger partial charge on any atom is -0.370 e. The van der Waals surface area contributed by atoms with Crippen molar-refractivity contribution in [3.05, 3.63) is 28.8 Å². The Kier molecular flexibility index (Phi) is 4.06. The highest BCUT2D eigenvalue weighted by Crippen LogP contribution is 2.32. The minimum absolute atomic E-state index is 0.685. The Bertz CT molecular complexity index is 397. The van der Waals surface area contributed by atoms with Crippen LogP contribution >= 0.6 is 11.6 Å². The van der Waals surface area contributed by atoms with Crippen LogP contribution in [0.5, 0.6) is 0 Å². The van der Waals surface area contributed by atoms with E-state index in [1.807, 2.05) is 18.2 Å². The highest BCUT2D eigenvalue weighted by Gasteiger charge is 2.21. The molecule has 0 aromatic heterocycles. The molecule has 1 aliphatic rings. The molecule has 2 rings (SSSR count). The predicted molar refractivity (Wildman–Crippen MR) is 72.1 cm³/mol. The molecule has 1 aliphatic heterocycles. The first-order valence-electron chi connectivity index (χ1n) is 6.25. The lowest BCUT2D eigenvalue weighted by molar-refractivity contribution is 0.112. The fourth-order valence-corrected chi connectivity index (χ4v) is 2.83. The van der Waals surface area contributed by atoms with Crippen LogP contribution in [0.1, 0.15) is 36.5 Å². The maximum atomic E-state index is 11.1. The molecular formula is C14H18ClNO. The summed E-state index contributed by atoms with van der Waals surface area (Å²) in [7, 11) is 0. The van der Waals surface area contributed by atoms with Crippen LogP contribution in [0.2, 0.25) is 5.02 Å². The third-order valence-corrected chi connectivity index (χ3v) is 3.96. The average Bonchev–Trinajstić information content (AvgIpc) is 2.38. The summed E-state index contributed by atoms with van der Waals surface area (Å²) in [5.41, 5.74) is 1.62. The number of benzene rings is 1. The molecule has 0 unspecified atom stereocenters. The molecule has 1 aromatic carbocycles. The van der Waals surface area contributed by atoms with Crippen molar-refractivity contribution in [3.63, 3.8) is 0 Å². The molecule has 0 amide bonds. The first-order valence-corrected chi connectivity index (χ1v) is 6.62. The third-order valence-electron chi connectivity index (χ3n) is 3.65. The number of carbonyl (C=O) groups excluding carboxylic acids is 1. The quantitative estimate of drug-likeness (QED) is 0.762. The van der Waals surface area contributed by atoms with Gasteiger partial charge in [-0.05, 0) is 30.9 Å². The number of hydrogen-bond donors (Lipinski definition) is 0. The molecule has 0 atom stereocenters. The second-order valence-corrected chi connectivity index (χ2v) is 5.04. The molecule has 0 saturated carbocycles. The first kappa shape index (κ1) is 12.4. The van der Waals surface area contributed by atoms with Gasteiger partial charge in [0, 0.05) is 18.7 Å². The van der Waals surface area contributed by atoms with Gasteiger partial charge < -0.3 is 4.90 Å². The summed E-state index contributed by atoms with van der Waals surface area (Å²) in [6.07, 6.45) is 4.53. The molecule has 1 saturated heterocycles. The Balaban J connectivity index is 2.20. The number of halogens is 1. The highest BCUT2D eigenvalue weighted by molar-refractivity contribution is 6.33. The van der Waals surface area contributed by atoms with E-state index in [4.69, 9.17) is 11.6 Å². The van der Waals surface area contributed by atoms with E-state index in [9.17, 15) is 4.79 Å². The van der Waals surface area contributed by atoms with E-state index in [0.29, 0.717) is 10.6 Å². The lowest BCUT2D eigenvalue weighted by atomic mass is 9.94. The lowest BCUT2D eigenvalue weighted by Crippen LogP contribution is -2.34. The summed E-state index contributed by atoms with van der Waals surface area (Å²) in [6.45, 7) is 4.25. The van der Waals surface area contributed by atoms with Crippen LogP contribution in [0.15, 0.2) is 18.2 Å². The summed E-state index contributed by atoms with van der Waals surface area (Å²) in [5.74, 6) is 0.827. The van der Waals surface area contributed by atoms with Gasteiger partial charge in [0.15, 0.2) is 6.29 Å². The zero-order chi connectivity index (χ0) is 12.3. The fourth-order valence-electron chi connectivity index (χ4n) is 2.53. The molecule has 0 radical (unpaired) electrons. The van der Waals surface area contributed by atoms with Gasteiger partial charge in [-0.2, -0.15) is 0 Å². The summed E-state index contributed by atoms with van der Waals surface area (Å²) < 4.78 is 0. The van der Waals surface area contributed by atoms with Crippen LogP contribution in [0.4, 0.5) is 5.69 Å². The second-order valence-electron chi connectivity index (χ2n) is 4.63. The van der Waals surface area contributed by atoms with E-state index in [1.165, 1.54) is 19.3 Å². The maximum Gasteiger partial charge on any atom is 0.152 e. The Labute approximate surface area is 108 Å². The molecule has 0 spiro atoms. The normalized spacial score (nSPS) is 17.2. The van der Waals surface area contributed by atoms with Crippen LogP contribution in [0.3, 0.4) is 0 Å². The zero-order valence-electron chi connectivity index (χ0n) is 10.2. The summed E-state index contributed by atoms with van der Waals surface area (Å²) >= 11 is 6.21. The predicted octanol–water partition coefficient (Wildman–Crippen LogP) is 3.78. The Morgan fingerprint density at radius 2 is 2.12 bits per heavy atom. The van der Waals surface area contributed by atoms with Gasteiger partial charge in [-0.1, -0.05) is 31.0 Å². The molecular weight excluding hydrogens is 234 g/mol.